The number of aromatic nitrogens is 7. The van der Waals surface area contributed by atoms with E-state index >= 15 is 0 Å². The molecular formula is C27H31N7S. The molecule has 2 aliphatic rings. The Hall–Kier alpha value is -3.00. The molecule has 5 aromatic rings. The van der Waals surface area contributed by atoms with Crippen LogP contribution in [-0.4, -0.2) is 34.6 Å². The summed E-state index contributed by atoms with van der Waals surface area (Å²) in [4.78, 5) is 10.9. The van der Waals surface area contributed by atoms with Crippen molar-refractivity contribution < 1.29 is 0 Å². The van der Waals surface area contributed by atoms with E-state index < -0.39 is 0 Å². The number of rotatable bonds is 4. The minimum atomic E-state index is 0.390. The summed E-state index contributed by atoms with van der Waals surface area (Å²) in [6.07, 6.45) is 15.8. The molecule has 2 aliphatic carbocycles. The quantitative estimate of drug-likeness (QED) is 0.310. The highest BCUT2D eigenvalue weighted by Gasteiger charge is 2.28. The monoisotopic (exact) mass is 485 g/mol. The van der Waals surface area contributed by atoms with Crippen LogP contribution in [0.2, 0.25) is 0 Å². The van der Waals surface area contributed by atoms with Gasteiger partial charge in [-0.2, -0.15) is 5.10 Å². The highest BCUT2D eigenvalue weighted by atomic mass is 32.1. The number of aryl methyl sites for hydroxylation is 2. The third kappa shape index (κ3) is 3.22. The Morgan fingerprint density at radius 1 is 1.06 bits per heavy atom. The van der Waals surface area contributed by atoms with Crippen molar-refractivity contribution in [2.45, 2.75) is 84.1 Å². The second-order valence-electron chi connectivity index (χ2n) is 10.6. The van der Waals surface area contributed by atoms with E-state index in [1.807, 2.05) is 15.9 Å². The van der Waals surface area contributed by atoms with Gasteiger partial charge >= 0.3 is 0 Å². The van der Waals surface area contributed by atoms with Crippen molar-refractivity contribution in [1.82, 2.24) is 34.6 Å². The summed E-state index contributed by atoms with van der Waals surface area (Å²) in [5.41, 5.74) is 10.1. The molecule has 5 aromatic heterocycles. The molecule has 1 fully saturated rings. The largest absolute Gasteiger partial charge is 0.346 e. The molecule has 0 radical (unpaired) electrons. The normalized spacial score (nSPS) is 16.8. The van der Waals surface area contributed by atoms with E-state index in [0.29, 0.717) is 12.0 Å². The molecule has 0 bridgehead atoms. The molecule has 0 unspecified atom stereocenters. The zero-order chi connectivity index (χ0) is 23.7. The molecule has 180 valence electrons. The molecule has 0 spiro atoms. The molecule has 1 saturated carbocycles. The summed E-state index contributed by atoms with van der Waals surface area (Å²) in [5, 5.41) is 15.0. The highest BCUT2D eigenvalue weighted by molar-refractivity contribution is 7.22. The van der Waals surface area contributed by atoms with Crippen molar-refractivity contribution >= 4 is 27.2 Å². The zero-order valence-corrected chi connectivity index (χ0v) is 21.5. The van der Waals surface area contributed by atoms with Crippen molar-refractivity contribution in [3.05, 3.63) is 41.0 Å². The highest BCUT2D eigenvalue weighted by Crippen LogP contribution is 2.46. The first-order chi connectivity index (χ1) is 17.1. The molecule has 7 rings (SSSR count). The number of pyridine rings is 1. The third-order valence-electron chi connectivity index (χ3n) is 8.10. The lowest BCUT2D eigenvalue weighted by Gasteiger charge is -2.20. The number of aromatic amines is 1. The first-order valence-corrected chi connectivity index (χ1v) is 13.8. The predicted molar refractivity (Wildman–Crippen MR) is 140 cm³/mol. The fraction of sp³-hybridized carbons (Fsp3) is 0.481. The van der Waals surface area contributed by atoms with E-state index in [2.05, 4.69) is 63.2 Å². The Labute approximate surface area is 208 Å². The van der Waals surface area contributed by atoms with E-state index in [4.69, 9.17) is 0 Å². The summed E-state index contributed by atoms with van der Waals surface area (Å²) in [5.74, 6) is 0.390. The van der Waals surface area contributed by atoms with E-state index in [1.165, 1.54) is 87.1 Å². The minimum absolute atomic E-state index is 0.390. The average Bonchev–Trinajstić information content (AvgIpc) is 3.67. The van der Waals surface area contributed by atoms with E-state index in [0.717, 1.165) is 24.2 Å². The van der Waals surface area contributed by atoms with Crippen molar-refractivity contribution in [2.75, 3.05) is 0 Å². The van der Waals surface area contributed by atoms with Gasteiger partial charge in [0.15, 0.2) is 5.65 Å². The van der Waals surface area contributed by atoms with Crippen LogP contribution in [0.5, 0.6) is 0 Å². The van der Waals surface area contributed by atoms with Crippen LogP contribution in [0.15, 0.2) is 18.7 Å². The molecule has 0 aliphatic heterocycles. The van der Waals surface area contributed by atoms with Gasteiger partial charge in [-0.3, -0.25) is 0 Å². The molecular weight excluding hydrogens is 454 g/mol. The Bertz CT molecular complexity index is 1560. The van der Waals surface area contributed by atoms with Crippen LogP contribution >= 0.6 is 11.3 Å². The van der Waals surface area contributed by atoms with Crippen molar-refractivity contribution in [3.63, 3.8) is 0 Å². The van der Waals surface area contributed by atoms with Crippen LogP contribution < -0.4 is 0 Å². The molecule has 0 amide bonds. The maximum atomic E-state index is 4.62. The van der Waals surface area contributed by atoms with Crippen LogP contribution in [0.1, 0.15) is 86.6 Å². The first-order valence-electron chi connectivity index (χ1n) is 13.0. The molecule has 0 aromatic carbocycles. The molecule has 1 N–H and O–H groups in total. The Balaban J connectivity index is 1.37. The molecule has 0 atom stereocenters. The summed E-state index contributed by atoms with van der Waals surface area (Å²) >= 11 is 1.82. The maximum Gasteiger partial charge on any atom is 0.158 e. The first kappa shape index (κ1) is 21.3. The number of nitrogens with one attached hydrogen (secondary N) is 1. The number of nitrogens with zero attached hydrogens (tertiary/aromatic N) is 6. The Kier molecular flexibility index (Phi) is 4.88. The van der Waals surface area contributed by atoms with E-state index in [9.17, 15) is 0 Å². The van der Waals surface area contributed by atoms with Gasteiger partial charge in [-0.05, 0) is 61.6 Å². The number of hydrogen-bond acceptors (Lipinski definition) is 5. The van der Waals surface area contributed by atoms with Crippen molar-refractivity contribution in [1.29, 1.82) is 0 Å². The van der Waals surface area contributed by atoms with Gasteiger partial charge in [0, 0.05) is 22.7 Å². The topological polar surface area (TPSA) is 76.7 Å². The molecule has 5 heterocycles. The fourth-order valence-corrected chi connectivity index (χ4v) is 7.61. The van der Waals surface area contributed by atoms with Crippen LogP contribution in [0, 0.1) is 6.92 Å². The molecule has 7 nitrogen and oxygen atoms in total. The van der Waals surface area contributed by atoms with Gasteiger partial charge in [0.1, 0.15) is 16.9 Å². The summed E-state index contributed by atoms with van der Waals surface area (Å²) in [6.45, 7) is 6.86. The second kappa shape index (κ2) is 8.01. The van der Waals surface area contributed by atoms with Crippen LogP contribution in [0.3, 0.4) is 0 Å². The number of H-pyrrole nitrogens is 1. The van der Waals surface area contributed by atoms with Crippen LogP contribution in [0.4, 0.5) is 0 Å². The van der Waals surface area contributed by atoms with Crippen molar-refractivity contribution in [2.24, 2.45) is 0 Å². The summed E-state index contributed by atoms with van der Waals surface area (Å²) in [7, 11) is 0. The summed E-state index contributed by atoms with van der Waals surface area (Å²) < 4.78 is 4.08. The smallest absolute Gasteiger partial charge is 0.158 e. The summed E-state index contributed by atoms with van der Waals surface area (Å²) in [6, 6.07) is 0.502. The Morgan fingerprint density at radius 3 is 2.71 bits per heavy atom. The van der Waals surface area contributed by atoms with Crippen LogP contribution in [-0.2, 0) is 12.8 Å². The average molecular weight is 486 g/mol. The molecule has 8 heteroatoms. The second-order valence-corrected chi connectivity index (χ2v) is 11.6. The van der Waals surface area contributed by atoms with Gasteiger partial charge < -0.3 is 4.98 Å². The standard InChI is InChI=1S/C27H31N7S/c1-15(2)22-23-16(3)25(21-13-33(32-31-21)17-8-5-4-6-9-17)35-27(23)30-24(22)20-12-34-26(28-14-29-34)19-11-7-10-18(19)20/h12-15,17,30H,4-11H2,1-3H3. The van der Waals surface area contributed by atoms with Crippen molar-refractivity contribution in [3.8, 4) is 21.8 Å². The van der Waals surface area contributed by atoms with Gasteiger partial charge in [-0.15, -0.1) is 16.4 Å². The number of hydrogen-bond donors (Lipinski definition) is 1. The minimum Gasteiger partial charge on any atom is -0.346 e. The van der Waals surface area contributed by atoms with E-state index in [1.54, 1.807) is 6.33 Å². The number of fused-ring (bicyclic) bond motifs is 4. The maximum absolute atomic E-state index is 4.62. The lowest BCUT2D eigenvalue weighted by atomic mass is 9.93. The van der Waals surface area contributed by atoms with Crippen LogP contribution in [0.25, 0.3) is 37.7 Å². The fourth-order valence-electron chi connectivity index (χ4n) is 6.43. The Morgan fingerprint density at radius 2 is 1.89 bits per heavy atom. The van der Waals surface area contributed by atoms with Gasteiger partial charge in [-0.25, -0.2) is 14.2 Å². The zero-order valence-electron chi connectivity index (χ0n) is 20.6. The molecule has 35 heavy (non-hydrogen) atoms. The van der Waals surface area contributed by atoms with Gasteiger partial charge in [0.2, 0.25) is 0 Å². The van der Waals surface area contributed by atoms with E-state index in [-0.39, 0.29) is 0 Å². The van der Waals surface area contributed by atoms with Gasteiger partial charge in [0.05, 0.1) is 22.8 Å². The predicted octanol–water partition coefficient (Wildman–Crippen LogP) is 6.62. The SMILES string of the molecule is Cc1c(-c2cn(C3CCCCC3)nn2)sc2[nH]c(-c3cn4ncnc4c4c3CCC4)c(C(C)C)c12. The van der Waals surface area contributed by atoms with Gasteiger partial charge in [0.25, 0.3) is 0 Å². The lowest BCUT2D eigenvalue weighted by Crippen LogP contribution is -2.13. The third-order valence-corrected chi connectivity index (χ3v) is 9.33. The van der Waals surface area contributed by atoms with Gasteiger partial charge in [-0.1, -0.05) is 38.3 Å². The number of thiophene rings is 1. The lowest BCUT2D eigenvalue weighted by molar-refractivity contribution is 0.324. The molecule has 0 saturated heterocycles.